The van der Waals surface area contributed by atoms with Crippen LogP contribution in [0.25, 0.3) is 10.6 Å². The largest absolute Gasteiger partial charge is 0.465 e. The van der Waals surface area contributed by atoms with Gasteiger partial charge in [0.2, 0.25) is 0 Å². The first-order chi connectivity index (χ1) is 8.51. The Morgan fingerprint density at radius 3 is 2.33 bits per heavy atom. The van der Waals surface area contributed by atoms with Gasteiger partial charge in [0.05, 0.1) is 12.8 Å². The Morgan fingerprint density at radius 1 is 1.17 bits per heavy atom. The highest BCUT2D eigenvalue weighted by molar-refractivity contribution is 7.17. The van der Waals surface area contributed by atoms with E-state index < -0.39 is 0 Å². The molecule has 0 amide bonds. The average Bonchev–Trinajstić information content (AvgIpc) is 2.69. The Labute approximate surface area is 110 Å². The van der Waals surface area contributed by atoms with Crippen LogP contribution in [0.2, 0.25) is 0 Å². The summed E-state index contributed by atoms with van der Waals surface area (Å²) in [6.07, 6.45) is 0. The van der Waals surface area contributed by atoms with Crippen molar-refractivity contribution in [2.75, 3.05) is 7.11 Å². The highest BCUT2D eigenvalue weighted by Gasteiger charge is 2.16. The predicted octanol–water partition coefficient (Wildman–Crippen LogP) is 3.52. The second kappa shape index (κ2) is 4.90. The van der Waals surface area contributed by atoms with Gasteiger partial charge in [-0.1, -0.05) is 17.2 Å². The second-order valence-electron chi connectivity index (χ2n) is 4.30. The molecule has 2 aromatic rings. The minimum atomic E-state index is -0.319. The van der Waals surface area contributed by atoms with Gasteiger partial charge in [-0.15, -0.1) is 11.3 Å². The van der Waals surface area contributed by atoms with Gasteiger partial charge < -0.3 is 4.74 Å². The van der Waals surface area contributed by atoms with Gasteiger partial charge >= 0.3 is 5.97 Å². The quantitative estimate of drug-likeness (QED) is 0.776. The maximum atomic E-state index is 11.6. The van der Waals surface area contributed by atoms with Crippen molar-refractivity contribution in [2.45, 2.75) is 20.8 Å². The molecular formula is C14H15NO2S. The number of nitrogens with zero attached hydrogens (tertiary/aromatic N) is 1. The minimum Gasteiger partial charge on any atom is -0.465 e. The molecule has 4 heteroatoms. The van der Waals surface area contributed by atoms with E-state index in [2.05, 4.69) is 37.0 Å². The molecule has 94 valence electrons. The number of rotatable bonds is 2. The zero-order chi connectivity index (χ0) is 13.3. The first kappa shape index (κ1) is 12.8. The van der Waals surface area contributed by atoms with Gasteiger partial charge in [0, 0.05) is 5.56 Å². The number of ether oxygens (including phenoxy) is 1. The number of aryl methyl sites for hydroxylation is 3. The summed E-state index contributed by atoms with van der Waals surface area (Å²) in [5, 5.41) is 0.861. The molecule has 0 N–H and O–H groups in total. The third-order valence-electron chi connectivity index (χ3n) is 2.64. The minimum absolute atomic E-state index is 0.319. The lowest BCUT2D eigenvalue weighted by atomic mass is 10.1. The Balaban J connectivity index is 2.48. The fraction of sp³-hybridized carbons (Fsp3) is 0.286. The van der Waals surface area contributed by atoms with E-state index in [1.165, 1.54) is 29.6 Å². The lowest BCUT2D eigenvalue weighted by molar-refractivity contribution is 0.0605. The molecule has 3 nitrogen and oxygen atoms in total. The highest BCUT2D eigenvalue weighted by atomic mass is 32.1. The fourth-order valence-electron chi connectivity index (χ4n) is 1.90. The lowest BCUT2D eigenvalue weighted by Crippen LogP contribution is -1.99. The van der Waals surface area contributed by atoms with E-state index in [0.717, 1.165) is 16.3 Å². The van der Waals surface area contributed by atoms with Gasteiger partial charge in [0.25, 0.3) is 0 Å². The van der Waals surface area contributed by atoms with Crippen LogP contribution in [0.3, 0.4) is 0 Å². The zero-order valence-electron chi connectivity index (χ0n) is 10.9. The molecule has 0 saturated heterocycles. The number of esters is 1. The van der Waals surface area contributed by atoms with Crippen LogP contribution >= 0.6 is 11.3 Å². The number of carbonyl (C=O) groups is 1. The van der Waals surface area contributed by atoms with Crippen LogP contribution in [-0.4, -0.2) is 18.1 Å². The van der Waals surface area contributed by atoms with E-state index in [9.17, 15) is 4.79 Å². The Bertz CT molecular complexity index is 582. The van der Waals surface area contributed by atoms with Gasteiger partial charge in [-0.05, 0) is 32.9 Å². The van der Waals surface area contributed by atoms with Gasteiger partial charge in [0.1, 0.15) is 9.88 Å². The molecule has 1 aromatic heterocycles. The molecule has 0 saturated carbocycles. The Hall–Kier alpha value is -1.68. The monoisotopic (exact) mass is 261 g/mol. The van der Waals surface area contributed by atoms with Gasteiger partial charge in [0.15, 0.2) is 0 Å². The third kappa shape index (κ3) is 2.43. The van der Waals surface area contributed by atoms with Crippen molar-refractivity contribution in [1.29, 1.82) is 0 Å². The van der Waals surface area contributed by atoms with Crippen molar-refractivity contribution in [3.05, 3.63) is 39.9 Å². The van der Waals surface area contributed by atoms with E-state index in [0.29, 0.717) is 4.88 Å². The summed E-state index contributed by atoms with van der Waals surface area (Å²) in [5.41, 5.74) is 4.16. The molecule has 1 aromatic carbocycles. The van der Waals surface area contributed by atoms with Crippen LogP contribution in [0.4, 0.5) is 0 Å². The van der Waals surface area contributed by atoms with Crippen LogP contribution in [0.15, 0.2) is 18.2 Å². The molecule has 0 bridgehead atoms. The van der Waals surface area contributed by atoms with Crippen molar-refractivity contribution >= 4 is 17.3 Å². The Kier molecular flexibility index (Phi) is 3.48. The van der Waals surface area contributed by atoms with Crippen LogP contribution < -0.4 is 0 Å². The van der Waals surface area contributed by atoms with Crippen molar-refractivity contribution in [3.63, 3.8) is 0 Å². The molecule has 0 aliphatic rings. The summed E-state index contributed by atoms with van der Waals surface area (Å²) in [4.78, 5) is 16.6. The molecule has 2 rings (SSSR count). The molecular weight excluding hydrogens is 246 g/mol. The average molecular weight is 261 g/mol. The van der Waals surface area contributed by atoms with Crippen molar-refractivity contribution in [1.82, 2.24) is 4.98 Å². The number of methoxy groups -OCH3 is 1. The van der Waals surface area contributed by atoms with Crippen molar-refractivity contribution in [2.24, 2.45) is 0 Å². The molecule has 0 aliphatic carbocycles. The molecule has 0 fully saturated rings. The highest BCUT2D eigenvalue weighted by Crippen LogP contribution is 2.29. The number of benzene rings is 1. The molecule has 0 spiro atoms. The van der Waals surface area contributed by atoms with Gasteiger partial charge in [-0.2, -0.15) is 0 Å². The maximum absolute atomic E-state index is 11.6. The normalized spacial score (nSPS) is 10.4. The van der Waals surface area contributed by atoms with Crippen LogP contribution in [0.5, 0.6) is 0 Å². The second-order valence-corrected chi connectivity index (χ2v) is 5.30. The van der Waals surface area contributed by atoms with Crippen LogP contribution in [-0.2, 0) is 4.74 Å². The molecule has 0 unspecified atom stereocenters. The Morgan fingerprint density at radius 2 is 1.78 bits per heavy atom. The topological polar surface area (TPSA) is 39.2 Å². The zero-order valence-corrected chi connectivity index (χ0v) is 11.7. The lowest BCUT2D eigenvalue weighted by Gasteiger charge is -2.01. The van der Waals surface area contributed by atoms with E-state index >= 15 is 0 Å². The fourth-order valence-corrected chi connectivity index (χ4v) is 2.87. The van der Waals surface area contributed by atoms with Crippen LogP contribution in [0.1, 0.15) is 26.5 Å². The van der Waals surface area contributed by atoms with Crippen molar-refractivity contribution < 1.29 is 9.53 Å². The standard InChI is InChI=1S/C14H15NO2S/c1-8-5-9(2)7-11(6-8)13-15-10(3)12(18-13)14(16)17-4/h5-7H,1-4H3. The summed E-state index contributed by atoms with van der Waals surface area (Å²) < 4.78 is 4.75. The first-order valence-corrected chi connectivity index (χ1v) is 6.47. The molecule has 0 atom stereocenters. The molecule has 1 heterocycles. The summed E-state index contributed by atoms with van der Waals surface area (Å²) in [7, 11) is 1.39. The molecule has 18 heavy (non-hydrogen) atoms. The number of thiazole rings is 1. The van der Waals surface area contributed by atoms with Crippen LogP contribution in [0, 0.1) is 20.8 Å². The smallest absolute Gasteiger partial charge is 0.349 e. The van der Waals surface area contributed by atoms with Crippen molar-refractivity contribution in [3.8, 4) is 10.6 Å². The van der Waals surface area contributed by atoms with E-state index in [1.54, 1.807) is 0 Å². The summed E-state index contributed by atoms with van der Waals surface area (Å²) >= 11 is 1.38. The first-order valence-electron chi connectivity index (χ1n) is 5.65. The SMILES string of the molecule is COC(=O)c1sc(-c2cc(C)cc(C)c2)nc1C. The number of hydrogen-bond donors (Lipinski definition) is 0. The maximum Gasteiger partial charge on any atom is 0.349 e. The number of carbonyl (C=O) groups excluding carboxylic acids is 1. The van der Waals surface area contributed by atoms with E-state index in [-0.39, 0.29) is 5.97 Å². The summed E-state index contributed by atoms with van der Waals surface area (Å²) in [5.74, 6) is -0.319. The van der Waals surface area contributed by atoms with E-state index in [1.807, 2.05) is 6.92 Å². The summed E-state index contributed by atoms with van der Waals surface area (Å²) in [6, 6.07) is 6.27. The molecule has 0 aliphatic heterocycles. The number of aromatic nitrogens is 1. The van der Waals surface area contributed by atoms with Gasteiger partial charge in [-0.3, -0.25) is 0 Å². The summed E-state index contributed by atoms with van der Waals surface area (Å²) in [6.45, 7) is 5.94. The number of hydrogen-bond acceptors (Lipinski definition) is 4. The van der Waals surface area contributed by atoms with E-state index in [4.69, 9.17) is 4.74 Å². The van der Waals surface area contributed by atoms with Gasteiger partial charge in [-0.25, -0.2) is 9.78 Å². The third-order valence-corrected chi connectivity index (χ3v) is 3.82. The predicted molar refractivity (Wildman–Crippen MR) is 73.1 cm³/mol. The molecule has 0 radical (unpaired) electrons.